The zero-order valence-electron chi connectivity index (χ0n) is 26.4. The molecule has 0 radical (unpaired) electrons. The molecule has 224 valence electrons. The van der Waals surface area contributed by atoms with E-state index in [1.807, 2.05) is 11.3 Å². The molecule has 0 fully saturated rings. The van der Waals surface area contributed by atoms with Crippen LogP contribution in [0.2, 0.25) is 13.1 Å². The average molecular weight is 636 g/mol. The third-order valence-corrected chi connectivity index (χ3v) is 14.6. The van der Waals surface area contributed by atoms with Crippen LogP contribution in [0.5, 0.6) is 0 Å². The first-order chi connectivity index (χ1) is 23.1. The van der Waals surface area contributed by atoms with Gasteiger partial charge >= 0.3 is 0 Å². The highest BCUT2D eigenvalue weighted by molar-refractivity contribution is 7.26. The van der Waals surface area contributed by atoms with Crippen LogP contribution in [-0.4, -0.2) is 8.07 Å². The Morgan fingerprint density at radius 1 is 0.468 bits per heavy atom. The van der Waals surface area contributed by atoms with Crippen LogP contribution >= 0.6 is 11.3 Å². The summed E-state index contributed by atoms with van der Waals surface area (Å²) in [4.78, 5) is 2.47. The topological polar surface area (TPSA) is 3.24 Å². The molecule has 1 aliphatic rings. The Labute approximate surface area is 281 Å². The van der Waals surface area contributed by atoms with Crippen molar-refractivity contribution in [2.75, 3.05) is 4.90 Å². The second-order valence-electron chi connectivity index (χ2n) is 13.0. The van der Waals surface area contributed by atoms with E-state index in [0.29, 0.717) is 0 Å². The highest BCUT2D eigenvalue weighted by Gasteiger charge is 2.39. The standard InChI is InChI=1S/C44H33NSSi/c1-47(2)41-27-26-37-36-21-10-12-23-40(36)46-44(37)43(41)38-25-24-34(29-42(38)47)45(33-19-13-18-32(28-33)30-14-5-3-6-15-30)39-22-11-9-20-35(39)31-16-7-4-8-17-31/h3-29H,1-2H3. The molecule has 7 aromatic carbocycles. The number of hydrogen-bond donors (Lipinski definition) is 0. The maximum absolute atomic E-state index is 2.53. The van der Waals surface area contributed by atoms with E-state index in [1.54, 1.807) is 5.19 Å². The molecule has 0 amide bonds. The number of rotatable bonds is 5. The summed E-state index contributed by atoms with van der Waals surface area (Å²) < 4.78 is 2.79. The summed E-state index contributed by atoms with van der Waals surface area (Å²) in [5.41, 5.74) is 11.2. The minimum Gasteiger partial charge on any atom is -0.310 e. The minimum atomic E-state index is -1.99. The molecule has 1 nitrogen and oxygen atoms in total. The maximum atomic E-state index is 2.53. The number of para-hydroxylation sites is 1. The number of hydrogen-bond acceptors (Lipinski definition) is 2. The van der Waals surface area contributed by atoms with Crippen molar-refractivity contribution in [3.8, 4) is 33.4 Å². The average Bonchev–Trinajstić information content (AvgIpc) is 3.62. The molecule has 0 saturated heterocycles. The Bertz CT molecular complexity index is 2440. The molecule has 1 aromatic heterocycles. The Kier molecular flexibility index (Phi) is 6.53. The van der Waals surface area contributed by atoms with Gasteiger partial charge in [-0.2, -0.15) is 0 Å². The van der Waals surface area contributed by atoms with Gasteiger partial charge in [0.25, 0.3) is 0 Å². The predicted molar refractivity (Wildman–Crippen MR) is 207 cm³/mol. The Morgan fingerprint density at radius 3 is 1.98 bits per heavy atom. The van der Waals surface area contributed by atoms with E-state index in [-0.39, 0.29) is 0 Å². The quantitative estimate of drug-likeness (QED) is 0.170. The second-order valence-corrected chi connectivity index (χ2v) is 18.3. The molecule has 0 bridgehead atoms. The molecule has 0 atom stereocenters. The molecule has 8 aromatic rings. The van der Waals surface area contributed by atoms with Crippen LogP contribution in [-0.2, 0) is 0 Å². The van der Waals surface area contributed by atoms with Crippen molar-refractivity contribution < 1.29 is 0 Å². The lowest BCUT2D eigenvalue weighted by Crippen LogP contribution is -2.49. The van der Waals surface area contributed by atoms with E-state index >= 15 is 0 Å². The number of nitrogens with zero attached hydrogens (tertiary/aromatic N) is 1. The molecule has 2 heterocycles. The van der Waals surface area contributed by atoms with Crippen LogP contribution in [0.1, 0.15) is 0 Å². The van der Waals surface area contributed by atoms with Crippen LogP contribution in [0, 0.1) is 0 Å². The van der Waals surface area contributed by atoms with E-state index in [4.69, 9.17) is 0 Å². The van der Waals surface area contributed by atoms with Gasteiger partial charge in [0.15, 0.2) is 0 Å². The second kappa shape index (κ2) is 10.9. The smallest absolute Gasteiger partial charge is 0.114 e. The van der Waals surface area contributed by atoms with Gasteiger partial charge in [0.1, 0.15) is 8.07 Å². The van der Waals surface area contributed by atoms with E-state index in [1.165, 1.54) is 70.1 Å². The van der Waals surface area contributed by atoms with E-state index < -0.39 is 8.07 Å². The summed E-state index contributed by atoms with van der Waals surface area (Å²) in [6, 6.07) is 60.2. The molecule has 0 aliphatic carbocycles. The number of fused-ring (bicyclic) bond motifs is 7. The zero-order valence-corrected chi connectivity index (χ0v) is 28.3. The van der Waals surface area contributed by atoms with Crippen molar-refractivity contribution in [3.05, 3.63) is 164 Å². The van der Waals surface area contributed by atoms with Crippen LogP contribution in [0.4, 0.5) is 17.1 Å². The third kappa shape index (κ3) is 4.50. The maximum Gasteiger partial charge on any atom is 0.114 e. The van der Waals surface area contributed by atoms with Crippen LogP contribution in [0.15, 0.2) is 164 Å². The van der Waals surface area contributed by atoms with Gasteiger partial charge in [-0.25, -0.2) is 0 Å². The number of benzene rings is 7. The molecule has 1 aliphatic heterocycles. The van der Waals surface area contributed by atoms with Gasteiger partial charge in [-0.15, -0.1) is 11.3 Å². The summed E-state index contributed by atoms with van der Waals surface area (Å²) in [6.07, 6.45) is 0. The van der Waals surface area contributed by atoms with Crippen molar-refractivity contribution in [2.24, 2.45) is 0 Å². The largest absolute Gasteiger partial charge is 0.310 e. The summed E-state index contributed by atoms with van der Waals surface area (Å²) in [7, 11) is -1.99. The zero-order chi connectivity index (χ0) is 31.5. The Balaban J connectivity index is 1.27. The summed E-state index contributed by atoms with van der Waals surface area (Å²) in [6.45, 7) is 5.05. The fraction of sp³-hybridized carbons (Fsp3) is 0.0455. The van der Waals surface area contributed by atoms with Gasteiger partial charge in [-0.05, 0) is 74.6 Å². The van der Waals surface area contributed by atoms with Crippen molar-refractivity contribution in [3.63, 3.8) is 0 Å². The van der Waals surface area contributed by atoms with Crippen molar-refractivity contribution in [1.82, 2.24) is 0 Å². The Morgan fingerprint density at radius 2 is 1.15 bits per heavy atom. The van der Waals surface area contributed by atoms with Gasteiger partial charge in [-0.3, -0.25) is 0 Å². The predicted octanol–water partition coefficient (Wildman–Crippen LogP) is 11.7. The first-order valence-electron chi connectivity index (χ1n) is 16.3. The highest BCUT2D eigenvalue weighted by atomic mass is 32.1. The van der Waals surface area contributed by atoms with Gasteiger partial charge in [0.05, 0.1) is 5.69 Å². The summed E-state index contributed by atoms with van der Waals surface area (Å²) in [5, 5.41) is 5.80. The molecule has 0 N–H and O–H groups in total. The van der Waals surface area contributed by atoms with Gasteiger partial charge in [0, 0.05) is 37.1 Å². The van der Waals surface area contributed by atoms with Crippen molar-refractivity contribution in [2.45, 2.75) is 13.1 Å². The van der Waals surface area contributed by atoms with Crippen molar-refractivity contribution in [1.29, 1.82) is 0 Å². The number of thiophene rings is 1. The van der Waals surface area contributed by atoms with Gasteiger partial charge in [-0.1, -0.05) is 140 Å². The number of anilines is 3. The molecular weight excluding hydrogens is 603 g/mol. The summed E-state index contributed by atoms with van der Waals surface area (Å²) in [5.74, 6) is 0. The fourth-order valence-corrected chi connectivity index (χ4v) is 12.0. The molecule has 47 heavy (non-hydrogen) atoms. The minimum absolute atomic E-state index is 1.15. The first kappa shape index (κ1) is 28.0. The monoisotopic (exact) mass is 635 g/mol. The van der Waals surface area contributed by atoms with Gasteiger partial charge < -0.3 is 4.90 Å². The third-order valence-electron chi connectivity index (χ3n) is 9.87. The lowest BCUT2D eigenvalue weighted by molar-refractivity contribution is 1.29. The van der Waals surface area contributed by atoms with E-state index in [2.05, 4.69) is 182 Å². The molecule has 0 saturated carbocycles. The molecular formula is C44H33NSSi. The normalized spacial score (nSPS) is 13.1. The molecule has 9 rings (SSSR count). The van der Waals surface area contributed by atoms with E-state index in [9.17, 15) is 0 Å². The lowest BCUT2D eigenvalue weighted by Gasteiger charge is -2.29. The molecule has 3 heteroatoms. The summed E-state index contributed by atoms with van der Waals surface area (Å²) >= 11 is 1.95. The Hall–Kier alpha value is -5.22. The van der Waals surface area contributed by atoms with Crippen LogP contribution < -0.4 is 15.3 Å². The SMILES string of the molecule is C[Si]1(C)c2cc(N(c3cccc(-c4ccccc4)c3)c3ccccc3-c3ccccc3)ccc2-c2c1ccc1c2sc2ccccc21. The van der Waals surface area contributed by atoms with Crippen LogP contribution in [0.25, 0.3) is 53.6 Å². The molecule has 0 unspecified atom stereocenters. The first-order valence-corrected chi connectivity index (χ1v) is 20.1. The van der Waals surface area contributed by atoms with Crippen LogP contribution in [0.3, 0.4) is 0 Å². The van der Waals surface area contributed by atoms with E-state index in [0.717, 1.165) is 5.69 Å². The van der Waals surface area contributed by atoms with Gasteiger partial charge in [0.2, 0.25) is 0 Å². The fourth-order valence-electron chi connectivity index (χ4n) is 7.54. The highest BCUT2D eigenvalue weighted by Crippen LogP contribution is 2.45. The lowest BCUT2D eigenvalue weighted by atomic mass is 9.99. The van der Waals surface area contributed by atoms with Crippen molar-refractivity contribution >= 4 is 67.0 Å². The molecule has 0 spiro atoms.